The van der Waals surface area contributed by atoms with Gasteiger partial charge in [0.15, 0.2) is 0 Å². The monoisotopic (exact) mass is 280 g/mol. The molecule has 0 aliphatic carbocycles. The van der Waals surface area contributed by atoms with Gasteiger partial charge >= 0.3 is 0 Å². The van der Waals surface area contributed by atoms with Crippen molar-refractivity contribution in [3.05, 3.63) is 29.1 Å². The minimum atomic E-state index is -0.507. The van der Waals surface area contributed by atoms with Crippen molar-refractivity contribution in [2.45, 2.75) is 19.4 Å². The van der Waals surface area contributed by atoms with E-state index in [9.17, 15) is 4.39 Å². The summed E-state index contributed by atoms with van der Waals surface area (Å²) in [6.07, 6.45) is 1.63. The number of rotatable bonds is 5. The van der Waals surface area contributed by atoms with Gasteiger partial charge in [0.05, 0.1) is 19.6 Å². The Balaban J connectivity index is 2.31. The van der Waals surface area contributed by atoms with Crippen molar-refractivity contribution in [2.75, 3.05) is 33.9 Å². The molecule has 1 heterocycles. The van der Waals surface area contributed by atoms with E-state index in [-0.39, 0.29) is 5.82 Å². The zero-order valence-electron chi connectivity index (χ0n) is 12.4. The van der Waals surface area contributed by atoms with Crippen molar-refractivity contribution in [3.63, 3.8) is 0 Å². The van der Waals surface area contributed by atoms with Crippen LogP contribution < -0.4 is 0 Å². The highest BCUT2D eigenvalue weighted by atomic mass is 19.1. The van der Waals surface area contributed by atoms with E-state index < -0.39 is 5.60 Å². The maximum Gasteiger partial charge on any atom is 0.149 e. The highest BCUT2D eigenvalue weighted by Gasteiger charge is 2.42. The van der Waals surface area contributed by atoms with Gasteiger partial charge in [-0.25, -0.2) is 9.38 Å². The van der Waals surface area contributed by atoms with Gasteiger partial charge in [0.25, 0.3) is 0 Å². The molecular weight excluding hydrogens is 259 g/mol. The first-order valence-corrected chi connectivity index (χ1v) is 6.70. The van der Waals surface area contributed by atoms with Crippen LogP contribution in [0.15, 0.2) is 17.1 Å². The van der Waals surface area contributed by atoms with Crippen molar-refractivity contribution in [1.82, 2.24) is 4.90 Å². The fourth-order valence-corrected chi connectivity index (χ4v) is 2.17. The quantitative estimate of drug-likeness (QED) is 0.614. The summed E-state index contributed by atoms with van der Waals surface area (Å²) in [5.41, 5.74) is 1.64. The number of benzene rings is 1. The molecule has 2 rings (SSSR count). The van der Waals surface area contributed by atoms with E-state index in [4.69, 9.17) is 9.47 Å². The van der Waals surface area contributed by atoms with Crippen LogP contribution in [0.1, 0.15) is 18.1 Å². The summed E-state index contributed by atoms with van der Waals surface area (Å²) in [5.74, 6) is -0.338. The van der Waals surface area contributed by atoms with Gasteiger partial charge in [-0.1, -0.05) is 0 Å². The highest BCUT2D eigenvalue weighted by Crippen LogP contribution is 2.37. The Morgan fingerprint density at radius 3 is 2.70 bits per heavy atom. The molecule has 1 aromatic carbocycles. The molecule has 1 aliphatic heterocycles. The minimum Gasteiger partial charge on any atom is -0.375 e. The SMILES string of the molecule is CCN(C)C=Nc1cc(C)c(C2(OC)COC2)cc1F. The Bertz CT molecular complexity index is 507. The van der Waals surface area contributed by atoms with E-state index >= 15 is 0 Å². The second-order valence-electron chi connectivity index (χ2n) is 5.13. The molecule has 5 heteroatoms. The molecule has 0 saturated carbocycles. The summed E-state index contributed by atoms with van der Waals surface area (Å²) in [6.45, 7) is 5.70. The smallest absolute Gasteiger partial charge is 0.149 e. The van der Waals surface area contributed by atoms with Gasteiger partial charge in [-0.15, -0.1) is 0 Å². The second-order valence-corrected chi connectivity index (χ2v) is 5.13. The van der Waals surface area contributed by atoms with Gasteiger partial charge in [0.1, 0.15) is 17.1 Å². The molecular formula is C15H21FN2O2. The Morgan fingerprint density at radius 2 is 2.20 bits per heavy atom. The molecule has 0 spiro atoms. The number of hydrogen-bond donors (Lipinski definition) is 0. The first-order chi connectivity index (χ1) is 9.52. The van der Waals surface area contributed by atoms with Gasteiger partial charge < -0.3 is 14.4 Å². The van der Waals surface area contributed by atoms with E-state index in [2.05, 4.69) is 4.99 Å². The fraction of sp³-hybridized carbons (Fsp3) is 0.533. The number of hydrogen-bond acceptors (Lipinski definition) is 3. The normalized spacial score (nSPS) is 17.2. The first kappa shape index (κ1) is 14.9. The predicted octanol–water partition coefficient (Wildman–Crippen LogP) is 2.62. The summed E-state index contributed by atoms with van der Waals surface area (Å²) in [4.78, 5) is 6.07. The Labute approximate surface area is 119 Å². The minimum absolute atomic E-state index is 0.338. The summed E-state index contributed by atoms with van der Waals surface area (Å²) in [6, 6.07) is 3.27. The molecule has 0 N–H and O–H groups in total. The zero-order valence-corrected chi connectivity index (χ0v) is 12.4. The largest absolute Gasteiger partial charge is 0.375 e. The molecule has 1 aliphatic rings. The molecule has 1 fully saturated rings. The lowest BCUT2D eigenvalue weighted by Gasteiger charge is -2.41. The molecule has 0 atom stereocenters. The summed E-state index contributed by atoms with van der Waals surface area (Å²) < 4.78 is 24.9. The number of nitrogens with zero attached hydrogens (tertiary/aromatic N) is 2. The van der Waals surface area contributed by atoms with Crippen LogP contribution in [0.4, 0.5) is 10.1 Å². The van der Waals surface area contributed by atoms with Crippen LogP contribution in [0, 0.1) is 12.7 Å². The number of ether oxygens (including phenoxy) is 2. The van der Waals surface area contributed by atoms with E-state index in [1.807, 2.05) is 25.8 Å². The molecule has 20 heavy (non-hydrogen) atoms. The van der Waals surface area contributed by atoms with Gasteiger partial charge in [-0.05, 0) is 37.1 Å². The molecule has 0 aromatic heterocycles. The van der Waals surface area contributed by atoms with Crippen LogP contribution in [0.5, 0.6) is 0 Å². The number of aryl methyl sites for hydroxylation is 1. The third-order valence-electron chi connectivity index (χ3n) is 3.74. The lowest BCUT2D eigenvalue weighted by molar-refractivity contribution is -0.202. The Kier molecular flexibility index (Phi) is 4.40. The van der Waals surface area contributed by atoms with Gasteiger partial charge in [0.2, 0.25) is 0 Å². The van der Waals surface area contributed by atoms with Crippen molar-refractivity contribution in [3.8, 4) is 0 Å². The van der Waals surface area contributed by atoms with E-state index in [1.165, 1.54) is 6.07 Å². The lowest BCUT2D eigenvalue weighted by atomic mass is 9.88. The van der Waals surface area contributed by atoms with Crippen LogP contribution in [0.2, 0.25) is 0 Å². The van der Waals surface area contributed by atoms with Crippen LogP contribution in [0.3, 0.4) is 0 Å². The third kappa shape index (κ3) is 2.69. The van der Waals surface area contributed by atoms with Crippen LogP contribution in [-0.2, 0) is 15.1 Å². The topological polar surface area (TPSA) is 34.1 Å². The summed E-state index contributed by atoms with van der Waals surface area (Å²) in [5, 5.41) is 0. The highest BCUT2D eigenvalue weighted by molar-refractivity contribution is 5.62. The van der Waals surface area contributed by atoms with Gasteiger partial charge in [0, 0.05) is 20.7 Å². The second kappa shape index (κ2) is 5.89. The molecule has 0 unspecified atom stereocenters. The number of methoxy groups -OCH3 is 1. The molecule has 110 valence electrons. The van der Waals surface area contributed by atoms with Crippen molar-refractivity contribution in [1.29, 1.82) is 0 Å². The Hall–Kier alpha value is -1.46. The van der Waals surface area contributed by atoms with Crippen molar-refractivity contribution < 1.29 is 13.9 Å². The summed E-state index contributed by atoms with van der Waals surface area (Å²) >= 11 is 0. The standard InChI is InChI=1S/C15H21FN2O2/c1-5-18(3)10-17-14-6-11(2)12(7-13(14)16)15(19-4)8-20-9-15/h6-7,10H,5,8-9H2,1-4H3. The number of aliphatic imine (C=N–C) groups is 1. The van der Waals surface area contributed by atoms with Crippen molar-refractivity contribution in [2.24, 2.45) is 4.99 Å². The van der Waals surface area contributed by atoms with Crippen molar-refractivity contribution >= 4 is 12.0 Å². The molecule has 0 bridgehead atoms. The van der Waals surface area contributed by atoms with E-state index in [1.54, 1.807) is 19.5 Å². The van der Waals surface area contributed by atoms with E-state index in [0.29, 0.717) is 18.9 Å². The third-order valence-corrected chi connectivity index (χ3v) is 3.74. The molecule has 1 aromatic rings. The zero-order chi connectivity index (χ0) is 14.8. The molecule has 0 amide bonds. The predicted molar refractivity (Wildman–Crippen MR) is 77.1 cm³/mol. The maximum atomic E-state index is 14.2. The molecule has 0 radical (unpaired) electrons. The van der Waals surface area contributed by atoms with Gasteiger partial charge in [-0.3, -0.25) is 0 Å². The van der Waals surface area contributed by atoms with E-state index in [0.717, 1.165) is 17.7 Å². The Morgan fingerprint density at radius 1 is 1.50 bits per heavy atom. The maximum absolute atomic E-state index is 14.2. The average molecular weight is 280 g/mol. The lowest BCUT2D eigenvalue weighted by Crippen LogP contribution is -2.48. The summed E-state index contributed by atoms with van der Waals surface area (Å²) in [7, 11) is 3.52. The van der Waals surface area contributed by atoms with Crippen LogP contribution in [0.25, 0.3) is 0 Å². The van der Waals surface area contributed by atoms with Gasteiger partial charge in [-0.2, -0.15) is 0 Å². The molecule has 4 nitrogen and oxygen atoms in total. The van der Waals surface area contributed by atoms with Crippen LogP contribution in [-0.4, -0.2) is 45.2 Å². The number of halogens is 1. The fourth-order valence-electron chi connectivity index (χ4n) is 2.17. The molecule has 1 saturated heterocycles. The van der Waals surface area contributed by atoms with Crippen LogP contribution >= 0.6 is 0 Å². The average Bonchev–Trinajstić information content (AvgIpc) is 2.39. The first-order valence-electron chi connectivity index (χ1n) is 6.70.